The topological polar surface area (TPSA) is 77.6 Å². The van der Waals surface area contributed by atoms with Crippen molar-refractivity contribution in [2.45, 2.75) is 32.9 Å². The number of ketones is 1. The van der Waals surface area contributed by atoms with E-state index in [1.165, 1.54) is 11.3 Å². The van der Waals surface area contributed by atoms with E-state index in [0.29, 0.717) is 15.0 Å². The van der Waals surface area contributed by atoms with Gasteiger partial charge in [-0.05, 0) is 42.7 Å². The maximum atomic E-state index is 12.8. The highest BCUT2D eigenvalue weighted by Crippen LogP contribution is 2.29. The van der Waals surface area contributed by atoms with Crippen molar-refractivity contribution < 1.29 is 4.79 Å². The van der Waals surface area contributed by atoms with E-state index in [1.807, 2.05) is 56.1 Å². The summed E-state index contributed by atoms with van der Waals surface area (Å²) >= 11 is 7.64. The molecule has 5 rings (SSSR count). The number of halogens is 1. The fraction of sp³-hybridized carbons (Fsp3) is 0.200. The summed E-state index contributed by atoms with van der Waals surface area (Å²) in [6.45, 7) is 3.72. The molecule has 0 radical (unpaired) electrons. The van der Waals surface area contributed by atoms with E-state index in [9.17, 15) is 4.79 Å². The van der Waals surface area contributed by atoms with Gasteiger partial charge in [-0.1, -0.05) is 41.1 Å². The van der Waals surface area contributed by atoms with Gasteiger partial charge in [0.15, 0.2) is 10.9 Å². The van der Waals surface area contributed by atoms with Gasteiger partial charge in [-0.2, -0.15) is 0 Å². The van der Waals surface area contributed by atoms with Crippen LogP contribution in [0.4, 0.5) is 10.8 Å². The number of benzene rings is 2. The SMILES string of the molecule is Cc1cccc(Cl)c1CC(=O)c1cnc(Nc2cccc3c2ncn3CCCn2ccnc2)s1. The maximum absolute atomic E-state index is 12.8. The second-order valence-electron chi connectivity index (χ2n) is 8.06. The van der Waals surface area contributed by atoms with Crippen LogP contribution < -0.4 is 5.32 Å². The number of thiazole rings is 1. The van der Waals surface area contributed by atoms with Crippen LogP contribution in [-0.2, 0) is 19.5 Å². The average molecular weight is 491 g/mol. The third-order valence-electron chi connectivity index (χ3n) is 5.74. The number of Topliss-reactive ketones (excluding diaryl/α,β-unsaturated/α-hetero) is 1. The first-order valence-electron chi connectivity index (χ1n) is 11.0. The lowest BCUT2D eigenvalue weighted by Crippen LogP contribution is -2.03. The first-order chi connectivity index (χ1) is 16.6. The van der Waals surface area contributed by atoms with Crippen LogP contribution in [0.2, 0.25) is 5.02 Å². The molecular formula is C25H23ClN6OS. The average Bonchev–Trinajstić information content (AvgIpc) is 3.59. The van der Waals surface area contributed by atoms with Crippen molar-refractivity contribution in [3.8, 4) is 0 Å². The molecule has 5 aromatic rings. The molecule has 0 spiro atoms. The molecule has 0 saturated heterocycles. The number of anilines is 2. The number of rotatable bonds is 9. The van der Waals surface area contributed by atoms with Crippen LogP contribution in [0.25, 0.3) is 11.0 Å². The minimum Gasteiger partial charge on any atom is -0.337 e. The Morgan fingerprint density at radius 1 is 1.12 bits per heavy atom. The fourth-order valence-electron chi connectivity index (χ4n) is 3.92. The van der Waals surface area contributed by atoms with E-state index in [1.54, 1.807) is 12.4 Å². The van der Waals surface area contributed by atoms with Gasteiger partial charge in [-0.25, -0.2) is 15.0 Å². The van der Waals surface area contributed by atoms with Crippen molar-refractivity contribution in [3.63, 3.8) is 0 Å². The van der Waals surface area contributed by atoms with Crippen LogP contribution in [0.1, 0.15) is 27.2 Å². The zero-order valence-electron chi connectivity index (χ0n) is 18.6. The minimum atomic E-state index is 0.00197. The Labute approximate surface area is 206 Å². The number of aromatic nitrogens is 5. The highest BCUT2D eigenvalue weighted by atomic mass is 35.5. The smallest absolute Gasteiger partial charge is 0.187 e. The lowest BCUT2D eigenvalue weighted by atomic mass is 10.0. The largest absolute Gasteiger partial charge is 0.337 e. The summed E-state index contributed by atoms with van der Waals surface area (Å²) in [5.74, 6) is 0.00197. The molecule has 1 N–H and O–H groups in total. The number of carbonyl (C=O) groups is 1. The second-order valence-corrected chi connectivity index (χ2v) is 9.49. The van der Waals surface area contributed by atoms with Gasteiger partial charge < -0.3 is 14.5 Å². The molecule has 3 heterocycles. The molecule has 9 heteroatoms. The monoisotopic (exact) mass is 490 g/mol. The summed E-state index contributed by atoms with van der Waals surface area (Å²) in [5.41, 5.74) is 4.66. The normalized spacial score (nSPS) is 11.2. The van der Waals surface area contributed by atoms with E-state index in [0.717, 1.165) is 47.4 Å². The van der Waals surface area contributed by atoms with Crippen LogP contribution in [0.3, 0.4) is 0 Å². The van der Waals surface area contributed by atoms with Crippen molar-refractivity contribution in [2.75, 3.05) is 5.32 Å². The Morgan fingerprint density at radius 3 is 2.82 bits per heavy atom. The Hall–Kier alpha value is -3.49. The predicted molar refractivity (Wildman–Crippen MR) is 136 cm³/mol. The molecular weight excluding hydrogens is 468 g/mol. The molecule has 0 amide bonds. The number of fused-ring (bicyclic) bond motifs is 1. The predicted octanol–water partition coefficient (Wildman–Crippen LogP) is 5.91. The van der Waals surface area contributed by atoms with Crippen LogP contribution >= 0.6 is 22.9 Å². The number of hydrogen-bond donors (Lipinski definition) is 1. The first kappa shape index (κ1) is 22.3. The van der Waals surface area contributed by atoms with E-state index >= 15 is 0 Å². The molecule has 7 nitrogen and oxygen atoms in total. The van der Waals surface area contributed by atoms with Gasteiger partial charge in [0.1, 0.15) is 5.52 Å². The molecule has 2 aromatic carbocycles. The van der Waals surface area contributed by atoms with Crippen LogP contribution in [0.15, 0.2) is 67.6 Å². The van der Waals surface area contributed by atoms with E-state index < -0.39 is 0 Å². The highest BCUT2D eigenvalue weighted by Gasteiger charge is 2.16. The summed E-state index contributed by atoms with van der Waals surface area (Å²) in [6, 6.07) is 11.7. The van der Waals surface area contributed by atoms with Crippen molar-refractivity contribution in [2.24, 2.45) is 0 Å². The first-order valence-corrected chi connectivity index (χ1v) is 12.2. The summed E-state index contributed by atoms with van der Waals surface area (Å²) in [4.78, 5) is 26.6. The number of nitrogens with zero attached hydrogens (tertiary/aromatic N) is 5. The van der Waals surface area contributed by atoms with Crippen LogP contribution in [0.5, 0.6) is 0 Å². The maximum Gasteiger partial charge on any atom is 0.187 e. The molecule has 0 unspecified atom stereocenters. The number of hydrogen-bond acceptors (Lipinski definition) is 6. The Kier molecular flexibility index (Phi) is 6.42. The molecule has 3 aromatic heterocycles. The summed E-state index contributed by atoms with van der Waals surface area (Å²) in [5, 5.41) is 4.61. The highest BCUT2D eigenvalue weighted by molar-refractivity contribution is 7.17. The lowest BCUT2D eigenvalue weighted by Gasteiger charge is -2.07. The standard InChI is InChI=1S/C25H23ClN6OS/c1-17-5-2-6-19(26)18(17)13-22(33)23-14-28-25(34-23)30-20-7-3-8-21-24(20)29-16-32(21)11-4-10-31-12-9-27-15-31/h2-3,5-9,12,14-16H,4,10-11,13H2,1H3,(H,28,30). The molecule has 0 bridgehead atoms. The summed E-state index contributed by atoms with van der Waals surface area (Å²) in [6.07, 6.45) is 10.3. The van der Waals surface area contributed by atoms with Crippen molar-refractivity contribution >= 4 is 50.6 Å². The number of nitrogens with one attached hydrogen (secondary N) is 1. The molecule has 34 heavy (non-hydrogen) atoms. The summed E-state index contributed by atoms with van der Waals surface area (Å²) < 4.78 is 4.22. The molecule has 0 atom stereocenters. The van der Waals surface area contributed by atoms with Crippen LogP contribution in [0, 0.1) is 6.92 Å². The lowest BCUT2D eigenvalue weighted by molar-refractivity contribution is 0.0996. The van der Waals surface area contributed by atoms with Gasteiger partial charge in [0.05, 0.1) is 34.9 Å². The summed E-state index contributed by atoms with van der Waals surface area (Å²) in [7, 11) is 0. The van der Waals surface area contributed by atoms with Crippen molar-refractivity contribution in [3.05, 3.63) is 88.7 Å². The Bertz CT molecular complexity index is 1420. The molecule has 0 aliphatic heterocycles. The van der Waals surface area contributed by atoms with E-state index in [2.05, 4.69) is 35.5 Å². The molecule has 0 saturated carbocycles. The van der Waals surface area contributed by atoms with Crippen molar-refractivity contribution in [1.82, 2.24) is 24.1 Å². The van der Waals surface area contributed by atoms with E-state index in [-0.39, 0.29) is 12.2 Å². The van der Waals surface area contributed by atoms with Crippen LogP contribution in [-0.4, -0.2) is 29.9 Å². The number of carbonyl (C=O) groups excluding carboxylic acids is 1. The molecule has 0 aliphatic carbocycles. The molecule has 172 valence electrons. The van der Waals surface area contributed by atoms with Gasteiger partial charge in [0.2, 0.25) is 0 Å². The van der Waals surface area contributed by atoms with Gasteiger partial charge in [-0.15, -0.1) is 0 Å². The fourth-order valence-corrected chi connectivity index (χ4v) is 4.98. The second kappa shape index (κ2) is 9.79. The quantitative estimate of drug-likeness (QED) is 0.260. The number of aryl methyl sites for hydroxylation is 3. The van der Waals surface area contributed by atoms with Gasteiger partial charge in [0, 0.05) is 36.9 Å². The van der Waals surface area contributed by atoms with Gasteiger partial charge in [0.25, 0.3) is 0 Å². The number of para-hydroxylation sites is 1. The van der Waals surface area contributed by atoms with Crippen molar-refractivity contribution in [1.29, 1.82) is 0 Å². The molecule has 0 aliphatic rings. The Morgan fingerprint density at radius 2 is 2.00 bits per heavy atom. The van der Waals surface area contributed by atoms with Gasteiger partial charge >= 0.3 is 0 Å². The Balaban J connectivity index is 1.28. The third-order valence-corrected chi connectivity index (χ3v) is 7.05. The molecule has 0 fully saturated rings. The van der Waals surface area contributed by atoms with E-state index in [4.69, 9.17) is 11.6 Å². The number of imidazole rings is 2. The van der Waals surface area contributed by atoms with Gasteiger partial charge in [-0.3, -0.25) is 4.79 Å². The zero-order valence-corrected chi connectivity index (χ0v) is 20.2. The third kappa shape index (κ3) is 4.73. The minimum absolute atomic E-state index is 0.00197. The zero-order chi connectivity index (χ0) is 23.5.